The second-order valence-corrected chi connectivity index (χ2v) is 10.9. The highest BCUT2D eigenvalue weighted by molar-refractivity contribution is 7.86. The minimum absolute atomic E-state index is 0.256. The van der Waals surface area contributed by atoms with Crippen LogP contribution in [-0.4, -0.2) is 29.3 Å². The highest BCUT2D eigenvalue weighted by Gasteiger charge is 2.26. The Kier molecular flexibility index (Phi) is 7.39. The van der Waals surface area contributed by atoms with Crippen LogP contribution in [0, 0.1) is 0 Å². The van der Waals surface area contributed by atoms with Crippen LogP contribution in [0.1, 0.15) is 49.9 Å². The summed E-state index contributed by atoms with van der Waals surface area (Å²) in [6, 6.07) is 10.7. The maximum atomic E-state index is 11.6. The molecule has 0 radical (unpaired) electrons. The van der Waals surface area contributed by atoms with Crippen LogP contribution in [-0.2, 0) is 25.7 Å². The standard InChI is InChI=1S/C23H28O6S2/c1-7-9-17-15-19(11-13-21(17)28-30(5,24)25)23(3,4)20-12-14-22(29-31(6,26)27)18(16-20)10-8-2/h7-16H,1-6H3. The van der Waals surface area contributed by atoms with Crippen LogP contribution in [0.25, 0.3) is 12.2 Å². The van der Waals surface area contributed by atoms with Gasteiger partial charge in [-0.3, -0.25) is 0 Å². The van der Waals surface area contributed by atoms with E-state index < -0.39 is 25.7 Å². The third-order valence-electron chi connectivity index (χ3n) is 4.64. The van der Waals surface area contributed by atoms with Gasteiger partial charge in [-0.1, -0.05) is 50.3 Å². The van der Waals surface area contributed by atoms with Crippen molar-refractivity contribution in [3.63, 3.8) is 0 Å². The number of hydrogen-bond acceptors (Lipinski definition) is 6. The normalized spacial score (nSPS) is 13.1. The van der Waals surface area contributed by atoms with E-state index in [9.17, 15) is 16.8 Å². The molecule has 8 heteroatoms. The molecule has 0 aliphatic heterocycles. The molecule has 0 aliphatic rings. The summed E-state index contributed by atoms with van der Waals surface area (Å²) in [4.78, 5) is 0. The smallest absolute Gasteiger partial charge is 0.306 e. The highest BCUT2D eigenvalue weighted by Crippen LogP contribution is 2.37. The summed E-state index contributed by atoms with van der Waals surface area (Å²) in [7, 11) is -7.31. The van der Waals surface area contributed by atoms with Crippen molar-refractivity contribution in [3.8, 4) is 11.5 Å². The fraction of sp³-hybridized carbons (Fsp3) is 0.304. The van der Waals surface area contributed by atoms with Crippen LogP contribution < -0.4 is 8.37 Å². The van der Waals surface area contributed by atoms with E-state index >= 15 is 0 Å². The van der Waals surface area contributed by atoms with Crippen molar-refractivity contribution in [1.82, 2.24) is 0 Å². The lowest BCUT2D eigenvalue weighted by molar-refractivity contribution is 0.490. The minimum Gasteiger partial charge on any atom is -0.382 e. The number of rotatable bonds is 8. The van der Waals surface area contributed by atoms with Gasteiger partial charge in [0.2, 0.25) is 0 Å². The zero-order valence-corrected chi connectivity index (χ0v) is 20.2. The molecule has 0 bridgehead atoms. The van der Waals surface area contributed by atoms with E-state index in [0.29, 0.717) is 11.1 Å². The van der Waals surface area contributed by atoms with Gasteiger partial charge in [0, 0.05) is 16.5 Å². The fourth-order valence-corrected chi connectivity index (χ4v) is 4.09. The lowest BCUT2D eigenvalue weighted by Crippen LogP contribution is -2.20. The van der Waals surface area contributed by atoms with E-state index in [1.54, 1.807) is 24.3 Å². The summed E-state index contributed by atoms with van der Waals surface area (Å²) < 4.78 is 56.6. The quantitative estimate of drug-likeness (QED) is 0.524. The van der Waals surface area contributed by atoms with Gasteiger partial charge in [0.05, 0.1) is 12.5 Å². The van der Waals surface area contributed by atoms with Gasteiger partial charge >= 0.3 is 20.2 Å². The second-order valence-electron chi connectivity index (χ2n) is 7.71. The van der Waals surface area contributed by atoms with Crippen molar-refractivity contribution in [2.45, 2.75) is 33.1 Å². The lowest BCUT2D eigenvalue weighted by Gasteiger charge is -2.27. The van der Waals surface area contributed by atoms with Crippen molar-refractivity contribution >= 4 is 32.4 Å². The summed E-state index contributed by atoms with van der Waals surface area (Å²) in [5.41, 5.74) is 2.68. The van der Waals surface area contributed by atoms with E-state index in [1.165, 1.54) is 0 Å². The number of allylic oxidation sites excluding steroid dienone is 2. The first-order chi connectivity index (χ1) is 14.3. The summed E-state index contributed by atoms with van der Waals surface area (Å²) in [6.07, 6.45) is 9.20. The highest BCUT2D eigenvalue weighted by atomic mass is 32.2. The Morgan fingerprint density at radius 3 is 1.35 bits per heavy atom. The first-order valence-electron chi connectivity index (χ1n) is 9.60. The third-order valence-corrected chi connectivity index (χ3v) is 5.60. The zero-order chi connectivity index (χ0) is 23.4. The molecule has 0 atom stereocenters. The van der Waals surface area contributed by atoms with Crippen molar-refractivity contribution < 1.29 is 25.2 Å². The average Bonchev–Trinajstić information content (AvgIpc) is 2.62. The number of benzene rings is 2. The molecule has 2 aromatic rings. The van der Waals surface area contributed by atoms with Gasteiger partial charge in [0.15, 0.2) is 0 Å². The lowest BCUT2D eigenvalue weighted by atomic mass is 9.77. The second kappa shape index (κ2) is 9.28. The fourth-order valence-electron chi connectivity index (χ4n) is 3.14. The topological polar surface area (TPSA) is 86.7 Å². The monoisotopic (exact) mass is 464 g/mol. The van der Waals surface area contributed by atoms with Gasteiger partial charge in [-0.15, -0.1) is 0 Å². The molecule has 0 saturated carbocycles. The van der Waals surface area contributed by atoms with E-state index in [0.717, 1.165) is 23.6 Å². The predicted molar refractivity (Wildman–Crippen MR) is 125 cm³/mol. The van der Waals surface area contributed by atoms with Gasteiger partial charge in [-0.25, -0.2) is 0 Å². The van der Waals surface area contributed by atoms with Gasteiger partial charge < -0.3 is 8.37 Å². The van der Waals surface area contributed by atoms with Crippen LogP contribution in [0.4, 0.5) is 0 Å². The molecule has 0 fully saturated rings. The average molecular weight is 465 g/mol. The Hall–Kier alpha value is -2.58. The van der Waals surface area contributed by atoms with Crippen molar-refractivity contribution in [1.29, 1.82) is 0 Å². The third kappa shape index (κ3) is 6.70. The molecule has 6 nitrogen and oxygen atoms in total. The first kappa shape index (κ1) is 24.7. The Labute approximate surface area is 185 Å². The van der Waals surface area contributed by atoms with Crippen LogP contribution in [0.5, 0.6) is 11.5 Å². The van der Waals surface area contributed by atoms with Crippen molar-refractivity contribution in [3.05, 3.63) is 70.8 Å². The molecule has 0 heterocycles. The van der Waals surface area contributed by atoms with Gasteiger partial charge in [0.25, 0.3) is 0 Å². The van der Waals surface area contributed by atoms with Gasteiger partial charge in [-0.2, -0.15) is 16.8 Å². The maximum Gasteiger partial charge on any atom is 0.306 e. The van der Waals surface area contributed by atoms with Crippen LogP contribution in [0.3, 0.4) is 0 Å². The minimum atomic E-state index is -3.65. The van der Waals surface area contributed by atoms with E-state index in [1.807, 2.05) is 64.1 Å². The summed E-state index contributed by atoms with van der Waals surface area (Å²) in [5.74, 6) is 0.512. The van der Waals surface area contributed by atoms with Crippen LogP contribution in [0.15, 0.2) is 48.6 Å². The first-order valence-corrected chi connectivity index (χ1v) is 13.2. The zero-order valence-electron chi connectivity index (χ0n) is 18.5. The Morgan fingerprint density at radius 1 is 0.710 bits per heavy atom. The van der Waals surface area contributed by atoms with Gasteiger partial charge in [0.1, 0.15) is 11.5 Å². The Balaban J connectivity index is 2.58. The molecule has 0 saturated heterocycles. The molecule has 0 spiro atoms. The van der Waals surface area contributed by atoms with Gasteiger partial charge in [-0.05, 0) is 49.2 Å². The summed E-state index contributed by atoms with van der Waals surface area (Å²) >= 11 is 0. The molecule has 168 valence electrons. The Morgan fingerprint density at radius 2 is 1.06 bits per heavy atom. The SMILES string of the molecule is CC=Cc1cc(C(C)(C)c2ccc(OS(C)(=O)=O)c(C=CC)c2)ccc1OS(C)(=O)=O. The molecule has 31 heavy (non-hydrogen) atoms. The number of hydrogen-bond donors (Lipinski definition) is 0. The molecular formula is C23H28O6S2. The molecule has 0 amide bonds. The molecule has 0 aromatic heterocycles. The molecule has 0 aliphatic carbocycles. The van der Waals surface area contributed by atoms with E-state index in [4.69, 9.17) is 8.37 Å². The van der Waals surface area contributed by atoms with Crippen LogP contribution in [0.2, 0.25) is 0 Å². The van der Waals surface area contributed by atoms with Crippen molar-refractivity contribution in [2.75, 3.05) is 12.5 Å². The molecular weight excluding hydrogens is 436 g/mol. The van der Waals surface area contributed by atoms with E-state index in [-0.39, 0.29) is 11.5 Å². The molecule has 0 N–H and O–H groups in total. The largest absolute Gasteiger partial charge is 0.382 e. The van der Waals surface area contributed by atoms with Crippen LogP contribution >= 0.6 is 0 Å². The Bertz CT molecular complexity index is 1130. The summed E-state index contributed by atoms with van der Waals surface area (Å²) in [5, 5.41) is 0. The molecule has 2 aromatic carbocycles. The van der Waals surface area contributed by atoms with Crippen molar-refractivity contribution in [2.24, 2.45) is 0 Å². The maximum absolute atomic E-state index is 11.6. The predicted octanol–water partition coefficient (Wildman–Crippen LogP) is 4.76. The molecule has 0 unspecified atom stereocenters. The molecule has 2 rings (SSSR count). The van der Waals surface area contributed by atoms with E-state index in [2.05, 4.69) is 0 Å². The summed E-state index contributed by atoms with van der Waals surface area (Å²) in [6.45, 7) is 7.74.